The molecule has 2 aromatic heterocycles. The van der Waals surface area contributed by atoms with Crippen LogP contribution in [0.3, 0.4) is 0 Å². The summed E-state index contributed by atoms with van der Waals surface area (Å²) in [5.41, 5.74) is 0.750. The van der Waals surface area contributed by atoms with Crippen LogP contribution in [0.2, 0.25) is 5.15 Å². The summed E-state index contributed by atoms with van der Waals surface area (Å²) < 4.78 is 26.7. The molecule has 2 heterocycles. The van der Waals surface area contributed by atoms with Crippen LogP contribution in [0.1, 0.15) is 18.3 Å². The van der Waals surface area contributed by atoms with Gasteiger partial charge in [0.1, 0.15) is 21.0 Å². The molecule has 6 nitrogen and oxygen atoms in total. The van der Waals surface area contributed by atoms with Crippen LogP contribution >= 0.6 is 22.9 Å². The average Bonchev–Trinajstić information content (AvgIpc) is 3.02. The summed E-state index contributed by atoms with van der Waals surface area (Å²) in [6.07, 6.45) is 0.680. The van der Waals surface area contributed by atoms with E-state index in [1.165, 1.54) is 11.3 Å². The van der Waals surface area contributed by atoms with Crippen LogP contribution in [0.25, 0.3) is 0 Å². The molecule has 0 unspecified atom stereocenters. The second-order valence-corrected chi connectivity index (χ2v) is 7.81. The second kappa shape index (κ2) is 7.36. The largest absolute Gasteiger partial charge is 0.368 e. The number of nitrogens with one attached hydrogen (secondary N) is 2. The normalized spacial score (nSPS) is 11.6. The Morgan fingerprint density at radius 3 is 2.73 bits per heavy atom. The van der Waals surface area contributed by atoms with Crippen molar-refractivity contribution >= 4 is 38.8 Å². The zero-order chi connectivity index (χ0) is 16.2. The van der Waals surface area contributed by atoms with Gasteiger partial charge in [0.2, 0.25) is 10.0 Å². The van der Waals surface area contributed by atoms with Crippen LogP contribution in [0, 0.1) is 6.92 Å². The van der Waals surface area contributed by atoms with Gasteiger partial charge < -0.3 is 5.32 Å². The molecule has 0 radical (unpaired) electrons. The first-order valence-corrected chi connectivity index (χ1v) is 9.48. The van der Waals surface area contributed by atoms with Gasteiger partial charge in [-0.15, -0.1) is 11.3 Å². The van der Waals surface area contributed by atoms with Crippen molar-refractivity contribution in [3.8, 4) is 0 Å². The fourth-order valence-electron chi connectivity index (χ4n) is 1.72. The van der Waals surface area contributed by atoms with Gasteiger partial charge in [-0.3, -0.25) is 0 Å². The quantitative estimate of drug-likeness (QED) is 0.585. The molecular formula is C13H17ClN4O2S2. The van der Waals surface area contributed by atoms with Gasteiger partial charge in [-0.05, 0) is 18.4 Å². The molecule has 9 heteroatoms. The maximum atomic E-state index is 12.0. The molecule has 2 rings (SSSR count). The Morgan fingerprint density at radius 2 is 2.09 bits per heavy atom. The van der Waals surface area contributed by atoms with Crippen LogP contribution in [0.4, 0.5) is 5.82 Å². The number of rotatable bonds is 7. The van der Waals surface area contributed by atoms with E-state index < -0.39 is 10.0 Å². The van der Waals surface area contributed by atoms with Crippen LogP contribution in [0.5, 0.6) is 0 Å². The van der Waals surface area contributed by atoms with Crippen molar-refractivity contribution in [1.29, 1.82) is 0 Å². The maximum Gasteiger partial charge on any atom is 0.250 e. The molecule has 0 amide bonds. The van der Waals surface area contributed by atoms with E-state index in [4.69, 9.17) is 11.6 Å². The van der Waals surface area contributed by atoms with Crippen molar-refractivity contribution in [2.24, 2.45) is 0 Å². The highest BCUT2D eigenvalue weighted by Crippen LogP contribution is 2.20. The number of hydrogen-bond acceptors (Lipinski definition) is 6. The highest BCUT2D eigenvalue weighted by atomic mass is 35.5. The Labute approximate surface area is 139 Å². The summed E-state index contributed by atoms with van der Waals surface area (Å²) in [5.74, 6) is 1.28. The molecule has 22 heavy (non-hydrogen) atoms. The predicted octanol–water partition coefficient (Wildman–Crippen LogP) is 2.45. The van der Waals surface area contributed by atoms with Gasteiger partial charge in [0.05, 0.1) is 0 Å². The monoisotopic (exact) mass is 360 g/mol. The zero-order valence-electron chi connectivity index (χ0n) is 12.3. The van der Waals surface area contributed by atoms with E-state index in [0.717, 1.165) is 5.56 Å². The number of thiophene rings is 1. The molecule has 2 N–H and O–H groups in total. The Hall–Kier alpha value is -1.22. The molecule has 0 bridgehead atoms. The molecule has 0 aliphatic heterocycles. The maximum absolute atomic E-state index is 12.0. The van der Waals surface area contributed by atoms with Crippen molar-refractivity contribution in [3.05, 3.63) is 34.1 Å². The number of sulfonamides is 1. The Bertz CT molecular complexity index is 733. The van der Waals surface area contributed by atoms with Gasteiger partial charge in [0, 0.05) is 25.1 Å². The van der Waals surface area contributed by atoms with E-state index in [9.17, 15) is 8.42 Å². The van der Waals surface area contributed by atoms with Crippen LogP contribution in [-0.4, -0.2) is 31.5 Å². The van der Waals surface area contributed by atoms with Crippen molar-refractivity contribution < 1.29 is 8.42 Å². The summed E-state index contributed by atoms with van der Waals surface area (Å²) in [4.78, 5) is 8.51. The number of anilines is 1. The van der Waals surface area contributed by atoms with Gasteiger partial charge in [-0.25, -0.2) is 23.1 Å². The first-order valence-electron chi connectivity index (χ1n) is 6.74. The molecule has 0 aliphatic rings. The summed E-state index contributed by atoms with van der Waals surface area (Å²) >= 11 is 7.23. The van der Waals surface area contributed by atoms with Crippen LogP contribution < -0.4 is 10.0 Å². The summed E-state index contributed by atoms with van der Waals surface area (Å²) in [6.45, 7) is 4.42. The lowest BCUT2D eigenvalue weighted by Gasteiger charge is -2.11. The first-order chi connectivity index (χ1) is 10.4. The zero-order valence-corrected chi connectivity index (χ0v) is 14.6. The lowest BCUT2D eigenvalue weighted by atomic mass is 10.3. The Morgan fingerprint density at radius 1 is 1.32 bits per heavy atom. The molecule has 0 fully saturated rings. The minimum absolute atomic E-state index is 0.253. The van der Waals surface area contributed by atoms with E-state index in [0.29, 0.717) is 34.0 Å². The minimum Gasteiger partial charge on any atom is -0.368 e. The molecule has 120 valence electrons. The van der Waals surface area contributed by atoms with E-state index in [1.807, 2.05) is 13.8 Å². The van der Waals surface area contributed by atoms with Gasteiger partial charge in [0.15, 0.2) is 0 Å². The third-order valence-electron chi connectivity index (χ3n) is 2.92. The van der Waals surface area contributed by atoms with E-state index in [1.54, 1.807) is 17.5 Å². The van der Waals surface area contributed by atoms with Crippen molar-refractivity contribution in [1.82, 2.24) is 14.7 Å². The minimum atomic E-state index is -3.43. The second-order valence-electron chi connectivity index (χ2n) is 4.51. The Balaban J connectivity index is 1.93. The van der Waals surface area contributed by atoms with Crippen LogP contribution in [-0.2, 0) is 16.4 Å². The summed E-state index contributed by atoms with van der Waals surface area (Å²) in [7, 11) is -3.43. The first kappa shape index (κ1) is 17.1. The Kier molecular flexibility index (Phi) is 5.74. The average molecular weight is 361 g/mol. The molecule has 0 saturated heterocycles. The number of nitrogens with zero attached hydrogens (tertiary/aromatic N) is 2. The van der Waals surface area contributed by atoms with Crippen molar-refractivity contribution in [3.63, 3.8) is 0 Å². The fraction of sp³-hybridized carbons (Fsp3) is 0.385. The highest BCUT2D eigenvalue weighted by Gasteiger charge is 2.14. The molecule has 0 saturated carbocycles. The van der Waals surface area contributed by atoms with Gasteiger partial charge in [-0.2, -0.15) is 0 Å². The lowest BCUT2D eigenvalue weighted by Crippen LogP contribution is -2.28. The van der Waals surface area contributed by atoms with Crippen molar-refractivity contribution in [2.45, 2.75) is 24.5 Å². The third-order valence-corrected chi connectivity index (χ3v) is 6.14. The predicted molar refractivity (Wildman–Crippen MR) is 89.2 cm³/mol. The van der Waals surface area contributed by atoms with Gasteiger partial charge >= 0.3 is 0 Å². The summed E-state index contributed by atoms with van der Waals surface area (Å²) in [5, 5.41) is 5.23. The van der Waals surface area contributed by atoms with E-state index >= 15 is 0 Å². The fourth-order valence-corrected chi connectivity index (χ4v) is 3.97. The van der Waals surface area contributed by atoms with E-state index in [-0.39, 0.29) is 6.54 Å². The van der Waals surface area contributed by atoms with E-state index in [2.05, 4.69) is 20.0 Å². The third kappa shape index (κ3) is 4.16. The van der Waals surface area contributed by atoms with Crippen molar-refractivity contribution in [2.75, 3.05) is 18.4 Å². The number of hydrogen-bond donors (Lipinski definition) is 2. The molecular weight excluding hydrogens is 344 g/mol. The topological polar surface area (TPSA) is 84.0 Å². The van der Waals surface area contributed by atoms with Gasteiger partial charge in [0.25, 0.3) is 0 Å². The molecule has 0 aromatic carbocycles. The number of aryl methyl sites for hydroxylation is 1. The molecule has 0 aliphatic carbocycles. The molecule has 2 aromatic rings. The molecule has 0 atom stereocenters. The standard InChI is InChI=1S/C13H17ClN4O2S2/c1-3-10-17-12(14)9(2)13(18-10)15-6-7-16-22(19,20)11-5-4-8-21-11/h4-5,8,16H,3,6-7H2,1-2H3,(H,15,17,18). The molecule has 0 spiro atoms. The SMILES string of the molecule is CCc1nc(Cl)c(C)c(NCCNS(=O)(=O)c2cccs2)n1. The highest BCUT2D eigenvalue weighted by molar-refractivity contribution is 7.91. The smallest absolute Gasteiger partial charge is 0.250 e. The number of halogens is 1. The number of aromatic nitrogens is 2. The van der Waals surface area contributed by atoms with Crippen LogP contribution in [0.15, 0.2) is 21.7 Å². The lowest BCUT2D eigenvalue weighted by molar-refractivity contribution is 0.585. The van der Waals surface area contributed by atoms with Gasteiger partial charge in [-0.1, -0.05) is 24.6 Å². The summed E-state index contributed by atoms with van der Waals surface area (Å²) in [6, 6.07) is 3.28.